The lowest BCUT2D eigenvalue weighted by Gasteiger charge is -2.34. The van der Waals surface area contributed by atoms with E-state index in [0.717, 1.165) is 0 Å². The van der Waals surface area contributed by atoms with Crippen LogP contribution in [0.4, 0.5) is 15.4 Å². The van der Waals surface area contributed by atoms with Crippen molar-refractivity contribution >= 4 is 53.3 Å². The number of hydrogen-bond acceptors (Lipinski definition) is 18. The van der Waals surface area contributed by atoms with Gasteiger partial charge in [0.25, 0.3) is 0 Å². The number of nitrogen functional groups attached to an aromatic ring is 1. The molecule has 3 aliphatic rings. The van der Waals surface area contributed by atoms with Crippen molar-refractivity contribution in [3.8, 4) is 0 Å². The number of imide groups is 1. The molecular weight excluding hydrogens is 669 g/mol. The lowest BCUT2D eigenvalue weighted by atomic mass is 10.1. The zero-order chi connectivity index (χ0) is 33.9. The van der Waals surface area contributed by atoms with Crippen LogP contribution in [0.15, 0.2) is 12.7 Å². The number of aliphatic hydroxyl groups excluding tert-OH is 2. The van der Waals surface area contributed by atoms with E-state index in [0.29, 0.717) is 22.5 Å². The minimum absolute atomic E-state index is 0.00145. The molecule has 1 unspecified atom stereocenters. The molecule has 260 valence electrons. The Morgan fingerprint density at radius 2 is 2.02 bits per heavy atom. The fourth-order valence-corrected chi connectivity index (χ4v) is 7.99. The summed E-state index contributed by atoms with van der Waals surface area (Å²) in [6.07, 6.45) is -6.15. The molecular formula is C25H36N7O13PS. The van der Waals surface area contributed by atoms with Gasteiger partial charge in [-0.05, 0) is 13.8 Å². The second kappa shape index (κ2) is 15.0. The average molecular weight is 706 g/mol. The van der Waals surface area contributed by atoms with Crippen molar-refractivity contribution in [1.29, 1.82) is 0 Å². The molecule has 5 heterocycles. The molecule has 3 fully saturated rings. The van der Waals surface area contributed by atoms with Crippen LogP contribution in [-0.4, -0.2) is 128 Å². The molecule has 0 radical (unpaired) electrons. The summed E-state index contributed by atoms with van der Waals surface area (Å²) >= 11 is 0.490. The molecule has 0 bridgehead atoms. The van der Waals surface area contributed by atoms with Crippen molar-refractivity contribution in [3.63, 3.8) is 0 Å². The Labute approximate surface area is 271 Å². The van der Waals surface area contributed by atoms with Crippen LogP contribution in [0.5, 0.6) is 0 Å². The number of amides is 3. The second-order valence-corrected chi connectivity index (χ2v) is 14.9. The number of ether oxygens (including phenoxy) is 5. The van der Waals surface area contributed by atoms with E-state index in [1.54, 1.807) is 18.4 Å². The Hall–Kier alpha value is -3.14. The number of rotatable bonds is 13. The molecule has 3 aliphatic heterocycles. The molecule has 2 aromatic heterocycles. The number of carbonyl (C=O) groups excluding carboxylic acids is 3. The summed E-state index contributed by atoms with van der Waals surface area (Å²) < 4.78 is 54.9. The zero-order valence-corrected chi connectivity index (χ0v) is 27.3. The van der Waals surface area contributed by atoms with Gasteiger partial charge in [0.15, 0.2) is 23.6 Å². The van der Waals surface area contributed by atoms with Gasteiger partial charge in [-0.15, -0.1) is 0 Å². The topological polar surface area (TPSA) is 258 Å². The van der Waals surface area contributed by atoms with Crippen LogP contribution in [-0.2, 0) is 42.1 Å². The fraction of sp³-hybridized carbons (Fsp3) is 0.680. The number of nitrogens with two attached hydrogens (primary N) is 1. The molecule has 2 aromatic rings. The predicted octanol–water partition coefficient (Wildman–Crippen LogP) is 0.493. The molecule has 3 saturated heterocycles. The van der Waals surface area contributed by atoms with Crippen molar-refractivity contribution in [2.24, 2.45) is 0 Å². The smallest absolute Gasteiger partial charge is 0.432 e. The summed E-state index contributed by atoms with van der Waals surface area (Å²) in [5.74, 6) is -0.825. The number of nitrogens with one attached hydrogen (secondary N) is 1. The number of aliphatic hydroxyl groups is 2. The Morgan fingerprint density at radius 1 is 1.23 bits per heavy atom. The van der Waals surface area contributed by atoms with Gasteiger partial charge in [-0.3, -0.25) is 28.6 Å². The van der Waals surface area contributed by atoms with Crippen molar-refractivity contribution in [3.05, 3.63) is 12.7 Å². The molecule has 22 heteroatoms. The van der Waals surface area contributed by atoms with E-state index in [9.17, 15) is 29.2 Å². The van der Waals surface area contributed by atoms with E-state index >= 15 is 0 Å². The van der Waals surface area contributed by atoms with Crippen molar-refractivity contribution in [2.45, 2.75) is 75.8 Å². The number of imidazole rings is 1. The van der Waals surface area contributed by atoms with Crippen molar-refractivity contribution in [1.82, 2.24) is 29.7 Å². The van der Waals surface area contributed by atoms with E-state index in [1.165, 1.54) is 24.7 Å². The Morgan fingerprint density at radius 3 is 2.72 bits per heavy atom. The first-order chi connectivity index (χ1) is 22.4. The normalized spacial score (nSPS) is 29.3. The van der Waals surface area contributed by atoms with E-state index < -0.39 is 93.1 Å². The Bertz CT molecular complexity index is 1500. The van der Waals surface area contributed by atoms with Gasteiger partial charge in [-0.1, -0.05) is 0 Å². The molecule has 3 amide bonds. The maximum absolute atomic E-state index is 14.2. The first kappa shape index (κ1) is 35.2. The number of hydrogen-bond donors (Lipinski definition) is 4. The van der Waals surface area contributed by atoms with Crippen LogP contribution >= 0.6 is 18.2 Å². The quantitative estimate of drug-likeness (QED) is 0.126. The van der Waals surface area contributed by atoms with E-state index in [-0.39, 0.29) is 25.2 Å². The lowest BCUT2D eigenvalue weighted by molar-refractivity contribution is -0.126. The van der Waals surface area contributed by atoms with Crippen LogP contribution in [0, 0.1) is 0 Å². The van der Waals surface area contributed by atoms with E-state index in [1.807, 2.05) is 0 Å². The first-order valence-corrected chi connectivity index (χ1v) is 17.6. The number of nitrogens with zero attached hydrogens (tertiary/aromatic N) is 5. The SMILES string of the molecule is CO[C@@H]1[C@H](OP(=O)(OC[C@H]2O[C@@H](n3cnc4c(N)ncnc43)C[C@@H]2O)SCOC(=O)OC(C)C)[C@@H](CO)O[C@H]1N1CCC(=O)NC1=O. The van der Waals surface area contributed by atoms with Crippen molar-refractivity contribution in [2.75, 3.05) is 38.5 Å². The first-order valence-electron chi connectivity index (χ1n) is 14.5. The van der Waals surface area contributed by atoms with Gasteiger partial charge in [-0.25, -0.2) is 29.1 Å². The standard InChI is InChI=1S/C25H36N7O13PS/c1-12(2)42-25(37)40-11-47-46(38,45-19-14(7-33)44-23(20(19)39-3)31-5-4-16(35)30-24(31)36)41-8-15-13(34)6-17(43-15)32-10-29-18-21(26)27-9-28-22(18)32/h9-10,12-15,17,19-20,23,33-34H,4-8,11H2,1-3H3,(H2,26,27,28)(H,30,35,36)/t13-,14+,15+,17+,19+,20+,23+,46?/m0/s1. The summed E-state index contributed by atoms with van der Waals surface area (Å²) in [7, 11) is 1.30. The van der Waals surface area contributed by atoms with Gasteiger partial charge in [0.05, 0.1) is 31.7 Å². The molecule has 0 aliphatic carbocycles. The molecule has 5 N–H and O–H groups in total. The highest BCUT2D eigenvalue weighted by atomic mass is 32.7. The number of fused-ring (bicyclic) bond motifs is 1. The number of methoxy groups -OCH3 is 1. The van der Waals surface area contributed by atoms with Gasteiger partial charge >= 0.3 is 19.0 Å². The number of urea groups is 1. The third kappa shape index (κ3) is 7.95. The van der Waals surface area contributed by atoms with Gasteiger partial charge in [0.1, 0.15) is 42.5 Å². The monoisotopic (exact) mass is 705 g/mol. The largest absolute Gasteiger partial charge is 0.509 e. The molecule has 0 saturated carbocycles. The minimum atomic E-state index is -4.36. The van der Waals surface area contributed by atoms with Crippen LogP contribution in [0.3, 0.4) is 0 Å². The molecule has 5 rings (SSSR count). The highest BCUT2D eigenvalue weighted by Crippen LogP contribution is 2.63. The minimum Gasteiger partial charge on any atom is -0.432 e. The average Bonchev–Trinajstić information content (AvgIpc) is 3.71. The Balaban J connectivity index is 1.31. The molecule has 0 aromatic carbocycles. The van der Waals surface area contributed by atoms with Gasteiger partial charge in [0, 0.05) is 37.9 Å². The summed E-state index contributed by atoms with van der Waals surface area (Å²) in [6, 6.07) is -0.738. The van der Waals surface area contributed by atoms with Crippen LogP contribution in [0.1, 0.15) is 32.9 Å². The van der Waals surface area contributed by atoms with Crippen LogP contribution in [0.25, 0.3) is 11.2 Å². The number of carbonyl (C=O) groups is 3. The fourth-order valence-electron chi connectivity index (χ4n) is 5.20. The van der Waals surface area contributed by atoms with Crippen LogP contribution in [0.2, 0.25) is 0 Å². The van der Waals surface area contributed by atoms with Gasteiger partial charge in [0.2, 0.25) is 5.91 Å². The highest BCUT2D eigenvalue weighted by molar-refractivity contribution is 8.55. The van der Waals surface area contributed by atoms with Gasteiger partial charge in [-0.2, -0.15) is 0 Å². The molecule has 47 heavy (non-hydrogen) atoms. The molecule has 20 nitrogen and oxygen atoms in total. The summed E-state index contributed by atoms with van der Waals surface area (Å²) in [4.78, 5) is 49.7. The maximum atomic E-state index is 14.2. The second-order valence-electron chi connectivity index (χ2n) is 10.9. The van der Waals surface area contributed by atoms with Crippen molar-refractivity contribution < 1.29 is 61.9 Å². The summed E-state index contributed by atoms with van der Waals surface area (Å²) in [5, 5.41) is 23.1. The summed E-state index contributed by atoms with van der Waals surface area (Å²) in [5.41, 5.74) is 6.62. The summed E-state index contributed by atoms with van der Waals surface area (Å²) in [6.45, 7) is -2.20. The van der Waals surface area contributed by atoms with E-state index in [2.05, 4.69) is 20.3 Å². The Kier molecular flexibility index (Phi) is 11.2. The zero-order valence-electron chi connectivity index (χ0n) is 25.6. The highest BCUT2D eigenvalue weighted by Gasteiger charge is 2.53. The van der Waals surface area contributed by atoms with Gasteiger partial charge < -0.3 is 39.6 Å². The molecule has 8 atom stereocenters. The molecule has 0 spiro atoms. The number of anilines is 1. The number of aromatic nitrogens is 4. The van der Waals surface area contributed by atoms with Crippen LogP contribution < -0.4 is 11.1 Å². The maximum Gasteiger partial charge on any atom is 0.509 e. The third-order valence-corrected chi connectivity index (χ3v) is 10.7. The van der Waals surface area contributed by atoms with E-state index in [4.69, 9.17) is 38.5 Å². The predicted molar refractivity (Wildman–Crippen MR) is 159 cm³/mol. The lowest BCUT2D eigenvalue weighted by Crippen LogP contribution is -2.57. The third-order valence-electron chi connectivity index (χ3n) is 7.40.